The Morgan fingerprint density at radius 3 is 2.58 bits per heavy atom. The van der Waals surface area contributed by atoms with Gasteiger partial charge in [0.25, 0.3) is 0 Å². The van der Waals surface area contributed by atoms with Crippen LogP contribution in [0, 0.1) is 11.3 Å². The minimum atomic E-state index is 0.146. The second kappa shape index (κ2) is 7.19. The first-order valence-corrected chi connectivity index (χ1v) is 7.12. The number of nitrogens with zero attached hydrogens (tertiary/aromatic N) is 1. The van der Waals surface area contributed by atoms with Gasteiger partial charge in [0.2, 0.25) is 0 Å². The van der Waals surface area contributed by atoms with E-state index >= 15 is 0 Å². The lowest BCUT2D eigenvalue weighted by Crippen LogP contribution is -2.12. The van der Waals surface area contributed by atoms with Gasteiger partial charge < -0.3 is 4.74 Å². The molecule has 2 nitrogen and oxygen atoms in total. The summed E-state index contributed by atoms with van der Waals surface area (Å²) >= 11 is 0. The maximum absolute atomic E-state index is 8.66. The number of aryl methyl sites for hydroxylation is 1. The number of unbranched alkanes of at least 4 members (excludes halogenated alkanes) is 1. The molecule has 0 heterocycles. The number of rotatable bonds is 6. The van der Waals surface area contributed by atoms with Crippen LogP contribution in [-0.2, 0) is 11.8 Å². The van der Waals surface area contributed by atoms with Crippen molar-refractivity contribution in [3.63, 3.8) is 0 Å². The largest absolute Gasteiger partial charge is 0.493 e. The van der Waals surface area contributed by atoms with Crippen LogP contribution in [0.2, 0.25) is 0 Å². The van der Waals surface area contributed by atoms with Crippen molar-refractivity contribution in [3.8, 4) is 11.8 Å². The van der Waals surface area contributed by atoms with Gasteiger partial charge in [0.05, 0.1) is 12.7 Å². The molecule has 1 aromatic rings. The Kier molecular flexibility index (Phi) is 5.89. The van der Waals surface area contributed by atoms with E-state index in [2.05, 4.69) is 52.0 Å². The fourth-order valence-corrected chi connectivity index (χ4v) is 1.95. The van der Waals surface area contributed by atoms with Crippen molar-refractivity contribution in [2.75, 3.05) is 6.61 Å². The third-order valence-electron chi connectivity index (χ3n) is 3.12. The summed E-state index contributed by atoms with van der Waals surface area (Å²) < 4.78 is 5.80. The van der Waals surface area contributed by atoms with E-state index in [9.17, 15) is 0 Å². The highest BCUT2D eigenvalue weighted by atomic mass is 16.5. The second-order valence-electron chi connectivity index (χ2n) is 5.93. The van der Waals surface area contributed by atoms with Crippen LogP contribution in [0.1, 0.15) is 58.1 Å². The highest BCUT2D eigenvalue weighted by Crippen LogP contribution is 2.29. The Labute approximate surface area is 117 Å². The molecule has 0 unspecified atom stereocenters. The predicted octanol–water partition coefficient (Wildman–Crippen LogP) is 4.62. The number of benzene rings is 1. The molecule has 0 fully saturated rings. The van der Waals surface area contributed by atoms with E-state index in [-0.39, 0.29) is 5.41 Å². The molecule has 0 aromatic heterocycles. The fraction of sp³-hybridized carbons (Fsp3) is 0.588. The van der Waals surface area contributed by atoms with Crippen LogP contribution in [0.4, 0.5) is 0 Å². The van der Waals surface area contributed by atoms with Crippen molar-refractivity contribution in [2.45, 2.75) is 58.8 Å². The van der Waals surface area contributed by atoms with E-state index in [0.717, 1.165) is 31.6 Å². The molecule has 0 N–H and O–H groups in total. The van der Waals surface area contributed by atoms with Gasteiger partial charge in [-0.05, 0) is 41.9 Å². The summed E-state index contributed by atoms with van der Waals surface area (Å²) in [6, 6.07) is 8.68. The Hall–Kier alpha value is -1.49. The maximum atomic E-state index is 8.66. The molecule has 1 aromatic carbocycles. The summed E-state index contributed by atoms with van der Waals surface area (Å²) in [5.41, 5.74) is 2.70. The van der Waals surface area contributed by atoms with Gasteiger partial charge in [-0.1, -0.05) is 39.8 Å². The first kappa shape index (κ1) is 15.6. The van der Waals surface area contributed by atoms with E-state index in [1.165, 1.54) is 11.1 Å². The molecule has 0 bridgehead atoms. The average molecular weight is 259 g/mol. The zero-order valence-electron chi connectivity index (χ0n) is 12.6. The van der Waals surface area contributed by atoms with Crippen LogP contribution < -0.4 is 4.74 Å². The maximum Gasteiger partial charge on any atom is 0.122 e. The molecule has 19 heavy (non-hydrogen) atoms. The minimum absolute atomic E-state index is 0.146. The molecule has 0 saturated heterocycles. The summed E-state index contributed by atoms with van der Waals surface area (Å²) in [4.78, 5) is 0. The molecule has 2 heteroatoms. The average Bonchev–Trinajstić information content (AvgIpc) is 2.36. The van der Waals surface area contributed by atoms with Crippen LogP contribution >= 0.6 is 0 Å². The number of nitriles is 1. The van der Waals surface area contributed by atoms with E-state index in [1.807, 2.05) is 0 Å². The zero-order chi connectivity index (χ0) is 14.3. The third-order valence-corrected chi connectivity index (χ3v) is 3.12. The first-order chi connectivity index (χ1) is 8.99. The van der Waals surface area contributed by atoms with Crippen LogP contribution in [0.5, 0.6) is 5.75 Å². The van der Waals surface area contributed by atoms with Crippen molar-refractivity contribution >= 4 is 0 Å². The monoisotopic (exact) mass is 259 g/mol. The first-order valence-electron chi connectivity index (χ1n) is 7.12. The number of hydrogen-bond acceptors (Lipinski definition) is 2. The minimum Gasteiger partial charge on any atom is -0.493 e. The molecule has 0 saturated carbocycles. The van der Waals surface area contributed by atoms with Crippen molar-refractivity contribution in [2.24, 2.45) is 0 Å². The Bertz CT molecular complexity index is 438. The van der Waals surface area contributed by atoms with Crippen molar-refractivity contribution < 1.29 is 4.74 Å². The van der Waals surface area contributed by atoms with Crippen LogP contribution in [0.15, 0.2) is 18.2 Å². The lowest BCUT2D eigenvalue weighted by molar-refractivity contribution is 0.313. The lowest BCUT2D eigenvalue weighted by atomic mass is 9.85. The topological polar surface area (TPSA) is 33.0 Å². The van der Waals surface area contributed by atoms with E-state index in [0.29, 0.717) is 6.42 Å². The molecule has 0 radical (unpaired) electrons. The number of ether oxygens (including phenoxy) is 1. The van der Waals surface area contributed by atoms with Gasteiger partial charge in [-0.3, -0.25) is 0 Å². The van der Waals surface area contributed by atoms with Crippen molar-refractivity contribution in [1.82, 2.24) is 0 Å². The molecular weight excluding hydrogens is 234 g/mol. The van der Waals surface area contributed by atoms with Crippen LogP contribution in [0.3, 0.4) is 0 Å². The summed E-state index contributed by atoms with van der Waals surface area (Å²) in [5, 5.41) is 8.66. The zero-order valence-corrected chi connectivity index (χ0v) is 12.6. The van der Waals surface area contributed by atoms with Crippen LogP contribution in [0.25, 0.3) is 0 Å². The molecule has 0 spiro atoms. The molecule has 0 aliphatic rings. The van der Waals surface area contributed by atoms with Crippen molar-refractivity contribution in [3.05, 3.63) is 29.3 Å². The van der Waals surface area contributed by atoms with Crippen molar-refractivity contribution in [1.29, 1.82) is 5.26 Å². The Balaban J connectivity index is 2.94. The van der Waals surface area contributed by atoms with Gasteiger partial charge in [0.1, 0.15) is 5.75 Å². The fourth-order valence-electron chi connectivity index (χ4n) is 1.95. The molecule has 1 rings (SSSR count). The summed E-state index contributed by atoms with van der Waals surface area (Å²) in [7, 11) is 0. The third kappa shape index (κ3) is 4.95. The SMILES string of the molecule is CCCOc1ccc(C(C)(C)C)cc1CCCC#N. The van der Waals surface area contributed by atoms with Gasteiger partial charge in [-0.15, -0.1) is 0 Å². The van der Waals surface area contributed by atoms with E-state index in [1.54, 1.807) is 0 Å². The molecule has 0 aliphatic heterocycles. The standard InChI is InChI=1S/C17H25NO/c1-5-12-19-16-10-9-15(17(2,3)4)13-14(16)8-6-7-11-18/h9-10,13H,5-8,12H2,1-4H3. The van der Waals surface area contributed by atoms with Gasteiger partial charge >= 0.3 is 0 Å². The van der Waals surface area contributed by atoms with E-state index < -0.39 is 0 Å². The van der Waals surface area contributed by atoms with Gasteiger partial charge in [0.15, 0.2) is 0 Å². The molecule has 104 valence electrons. The molecule has 0 amide bonds. The van der Waals surface area contributed by atoms with Gasteiger partial charge in [0, 0.05) is 6.42 Å². The highest BCUT2D eigenvalue weighted by Gasteiger charge is 2.15. The summed E-state index contributed by atoms with van der Waals surface area (Å²) in [6.07, 6.45) is 3.43. The number of hydrogen-bond donors (Lipinski definition) is 0. The smallest absolute Gasteiger partial charge is 0.122 e. The Morgan fingerprint density at radius 2 is 2.00 bits per heavy atom. The van der Waals surface area contributed by atoms with E-state index in [4.69, 9.17) is 10.00 Å². The van der Waals surface area contributed by atoms with Gasteiger partial charge in [-0.25, -0.2) is 0 Å². The Morgan fingerprint density at radius 1 is 1.26 bits per heavy atom. The summed E-state index contributed by atoms with van der Waals surface area (Å²) in [6.45, 7) is 9.51. The molecule has 0 aliphatic carbocycles. The second-order valence-corrected chi connectivity index (χ2v) is 5.93. The van der Waals surface area contributed by atoms with Crippen LogP contribution in [-0.4, -0.2) is 6.61 Å². The van der Waals surface area contributed by atoms with Gasteiger partial charge in [-0.2, -0.15) is 5.26 Å². The lowest BCUT2D eigenvalue weighted by Gasteiger charge is -2.21. The highest BCUT2D eigenvalue weighted by molar-refractivity contribution is 5.39. The molecule has 0 atom stereocenters. The predicted molar refractivity (Wildman–Crippen MR) is 79.5 cm³/mol. The normalized spacial score (nSPS) is 11.1. The molecular formula is C17H25NO. The summed E-state index contributed by atoms with van der Waals surface area (Å²) in [5.74, 6) is 0.979. The quantitative estimate of drug-likeness (QED) is 0.698.